The third-order valence-electron chi connectivity index (χ3n) is 2.61. The molecule has 0 aromatic heterocycles. The van der Waals surface area contributed by atoms with Crippen LogP contribution in [0.2, 0.25) is 0 Å². The van der Waals surface area contributed by atoms with Crippen molar-refractivity contribution in [3.05, 3.63) is 0 Å². The van der Waals surface area contributed by atoms with Crippen LogP contribution in [0.25, 0.3) is 0 Å². The predicted molar refractivity (Wildman–Crippen MR) is 64.8 cm³/mol. The topological polar surface area (TPSA) is 15.3 Å². The second kappa shape index (κ2) is 9.47. The van der Waals surface area contributed by atoms with Gasteiger partial charge < -0.3 is 10.2 Å². The molecule has 0 atom stereocenters. The molecule has 0 radical (unpaired) electrons. The van der Waals surface area contributed by atoms with Gasteiger partial charge in [0.05, 0.1) is 0 Å². The monoisotopic (exact) mass is 200 g/mol. The van der Waals surface area contributed by atoms with Gasteiger partial charge in [0.1, 0.15) is 0 Å². The van der Waals surface area contributed by atoms with E-state index in [2.05, 4.69) is 37.9 Å². The van der Waals surface area contributed by atoms with Gasteiger partial charge in [-0.3, -0.25) is 0 Å². The van der Waals surface area contributed by atoms with E-state index < -0.39 is 0 Å². The summed E-state index contributed by atoms with van der Waals surface area (Å²) < 4.78 is 0. The Morgan fingerprint density at radius 1 is 1.07 bits per heavy atom. The third-order valence-corrected chi connectivity index (χ3v) is 2.61. The van der Waals surface area contributed by atoms with Gasteiger partial charge in [-0.1, -0.05) is 13.8 Å². The molecule has 0 amide bonds. The van der Waals surface area contributed by atoms with Crippen molar-refractivity contribution in [2.24, 2.45) is 0 Å². The lowest BCUT2D eigenvalue weighted by molar-refractivity contribution is 0.229. The van der Waals surface area contributed by atoms with Gasteiger partial charge in [0.2, 0.25) is 0 Å². The molecular weight excluding hydrogens is 172 g/mol. The lowest BCUT2D eigenvalue weighted by Crippen LogP contribution is -2.31. The van der Waals surface area contributed by atoms with Gasteiger partial charge in [-0.2, -0.15) is 0 Å². The number of hydrogen-bond donors (Lipinski definition) is 1. The molecule has 2 nitrogen and oxygen atoms in total. The van der Waals surface area contributed by atoms with Crippen LogP contribution in [-0.4, -0.2) is 37.1 Å². The minimum absolute atomic E-state index is 0.698. The molecule has 1 N–H and O–H groups in total. The number of hydrogen-bond acceptors (Lipinski definition) is 2. The van der Waals surface area contributed by atoms with Crippen molar-refractivity contribution in [2.45, 2.75) is 53.0 Å². The van der Waals surface area contributed by atoms with E-state index in [1.54, 1.807) is 0 Å². The molecule has 0 aromatic rings. The fourth-order valence-corrected chi connectivity index (χ4v) is 1.65. The van der Waals surface area contributed by atoms with Crippen LogP contribution in [0.3, 0.4) is 0 Å². The number of unbranched alkanes of at least 4 members (excludes halogenated alkanes) is 1. The molecular formula is C12H28N2. The Morgan fingerprint density at radius 3 is 2.29 bits per heavy atom. The van der Waals surface area contributed by atoms with Crippen molar-refractivity contribution < 1.29 is 0 Å². The van der Waals surface area contributed by atoms with E-state index in [-0.39, 0.29) is 0 Å². The molecule has 14 heavy (non-hydrogen) atoms. The van der Waals surface area contributed by atoms with E-state index in [1.165, 1.54) is 45.4 Å². The lowest BCUT2D eigenvalue weighted by Gasteiger charge is -2.24. The molecule has 0 spiro atoms. The Labute approximate surface area is 90.1 Å². The third kappa shape index (κ3) is 7.34. The molecule has 0 aromatic carbocycles. The molecule has 0 rings (SSSR count). The first-order valence-corrected chi connectivity index (χ1v) is 6.17. The number of rotatable bonds is 9. The van der Waals surface area contributed by atoms with Gasteiger partial charge in [0, 0.05) is 6.04 Å². The molecule has 86 valence electrons. The van der Waals surface area contributed by atoms with E-state index in [9.17, 15) is 0 Å². The van der Waals surface area contributed by atoms with Crippen LogP contribution in [-0.2, 0) is 0 Å². The van der Waals surface area contributed by atoms with Gasteiger partial charge in [-0.15, -0.1) is 0 Å². The highest BCUT2D eigenvalue weighted by molar-refractivity contribution is 4.60. The highest BCUT2D eigenvalue weighted by Crippen LogP contribution is 2.00. The van der Waals surface area contributed by atoms with Crippen molar-refractivity contribution in [2.75, 3.05) is 26.2 Å². The van der Waals surface area contributed by atoms with Gasteiger partial charge >= 0.3 is 0 Å². The van der Waals surface area contributed by atoms with Crippen molar-refractivity contribution in [1.29, 1.82) is 0 Å². The van der Waals surface area contributed by atoms with Crippen LogP contribution in [0, 0.1) is 0 Å². The van der Waals surface area contributed by atoms with Gasteiger partial charge in [0.25, 0.3) is 0 Å². The maximum atomic E-state index is 3.44. The standard InChI is InChI=1S/C12H28N2/c1-5-9-13-10-7-8-11-14(6-2)12(3)4/h12-13H,5-11H2,1-4H3. The molecule has 0 fully saturated rings. The van der Waals surface area contributed by atoms with Crippen LogP contribution in [0.5, 0.6) is 0 Å². The smallest absolute Gasteiger partial charge is 0.00384 e. The molecule has 0 saturated carbocycles. The summed E-state index contributed by atoms with van der Waals surface area (Å²) in [6, 6.07) is 0.698. The molecule has 2 heteroatoms. The highest BCUT2D eigenvalue weighted by Gasteiger charge is 2.04. The predicted octanol–water partition coefficient (Wildman–Crippen LogP) is 2.50. The first kappa shape index (κ1) is 13.9. The minimum atomic E-state index is 0.698. The van der Waals surface area contributed by atoms with Crippen molar-refractivity contribution in [3.8, 4) is 0 Å². The molecule has 0 heterocycles. The van der Waals surface area contributed by atoms with Crippen LogP contribution in [0.4, 0.5) is 0 Å². The molecule has 0 saturated heterocycles. The largest absolute Gasteiger partial charge is 0.317 e. The quantitative estimate of drug-likeness (QED) is 0.575. The van der Waals surface area contributed by atoms with Gasteiger partial charge in [0.15, 0.2) is 0 Å². The summed E-state index contributed by atoms with van der Waals surface area (Å²) >= 11 is 0. The summed E-state index contributed by atoms with van der Waals surface area (Å²) in [5.74, 6) is 0. The maximum Gasteiger partial charge on any atom is 0.00384 e. The Kier molecular flexibility index (Phi) is 9.42. The Bertz CT molecular complexity index is 113. The van der Waals surface area contributed by atoms with E-state index in [0.29, 0.717) is 6.04 Å². The van der Waals surface area contributed by atoms with Crippen LogP contribution in [0.1, 0.15) is 47.0 Å². The van der Waals surface area contributed by atoms with Crippen LogP contribution < -0.4 is 5.32 Å². The maximum absolute atomic E-state index is 3.44. The fourth-order valence-electron chi connectivity index (χ4n) is 1.65. The van der Waals surface area contributed by atoms with Gasteiger partial charge in [-0.05, 0) is 59.3 Å². The number of nitrogens with one attached hydrogen (secondary N) is 1. The highest BCUT2D eigenvalue weighted by atomic mass is 15.1. The fraction of sp³-hybridized carbons (Fsp3) is 1.00. The molecule has 0 aliphatic rings. The summed E-state index contributed by atoms with van der Waals surface area (Å²) in [7, 11) is 0. The molecule has 0 aliphatic heterocycles. The Morgan fingerprint density at radius 2 is 1.79 bits per heavy atom. The Balaban J connectivity index is 3.25. The second-order valence-electron chi connectivity index (χ2n) is 4.18. The second-order valence-corrected chi connectivity index (χ2v) is 4.18. The summed E-state index contributed by atoms with van der Waals surface area (Å²) in [6.45, 7) is 13.8. The summed E-state index contributed by atoms with van der Waals surface area (Å²) in [4.78, 5) is 2.53. The lowest BCUT2D eigenvalue weighted by atomic mass is 10.2. The normalized spacial score (nSPS) is 11.6. The van der Waals surface area contributed by atoms with Crippen LogP contribution in [0.15, 0.2) is 0 Å². The van der Waals surface area contributed by atoms with E-state index in [1.807, 2.05) is 0 Å². The average Bonchev–Trinajstić information content (AvgIpc) is 2.16. The molecule has 0 aliphatic carbocycles. The van der Waals surface area contributed by atoms with Crippen molar-refractivity contribution >= 4 is 0 Å². The summed E-state index contributed by atoms with van der Waals surface area (Å²) in [5.41, 5.74) is 0. The summed E-state index contributed by atoms with van der Waals surface area (Å²) in [5, 5.41) is 3.44. The van der Waals surface area contributed by atoms with E-state index in [0.717, 1.165) is 0 Å². The van der Waals surface area contributed by atoms with Gasteiger partial charge in [-0.25, -0.2) is 0 Å². The Hall–Kier alpha value is -0.0800. The zero-order chi connectivity index (χ0) is 10.8. The van der Waals surface area contributed by atoms with Crippen LogP contribution >= 0.6 is 0 Å². The zero-order valence-electron chi connectivity index (χ0n) is 10.5. The first-order chi connectivity index (χ1) is 6.72. The number of nitrogens with zero attached hydrogens (tertiary/aromatic N) is 1. The zero-order valence-corrected chi connectivity index (χ0v) is 10.5. The molecule has 0 unspecified atom stereocenters. The van der Waals surface area contributed by atoms with E-state index in [4.69, 9.17) is 0 Å². The van der Waals surface area contributed by atoms with Crippen molar-refractivity contribution in [3.63, 3.8) is 0 Å². The van der Waals surface area contributed by atoms with E-state index >= 15 is 0 Å². The first-order valence-electron chi connectivity index (χ1n) is 6.17. The average molecular weight is 200 g/mol. The SMILES string of the molecule is CCCNCCCCN(CC)C(C)C. The molecule has 0 bridgehead atoms. The minimum Gasteiger partial charge on any atom is -0.317 e. The van der Waals surface area contributed by atoms with Crippen molar-refractivity contribution in [1.82, 2.24) is 10.2 Å². The summed E-state index contributed by atoms with van der Waals surface area (Å²) in [6.07, 6.45) is 3.87.